The van der Waals surface area contributed by atoms with E-state index in [9.17, 15) is 4.79 Å². The lowest BCUT2D eigenvalue weighted by Gasteiger charge is -2.24. The standard InChI is InChI=1S/C13H19NO2/c1-4-16-12(15)9-13(2,3)10-6-5-7-11(14)8-10/h5-8H,4,9,14H2,1-3H3. The SMILES string of the molecule is CCOC(=O)CC(C)(C)c1cccc(N)c1. The molecule has 0 aliphatic rings. The molecule has 0 amide bonds. The molecule has 0 aromatic heterocycles. The third kappa shape index (κ3) is 3.26. The van der Waals surface area contributed by atoms with Crippen LogP contribution in [0.1, 0.15) is 32.8 Å². The summed E-state index contributed by atoms with van der Waals surface area (Å²) in [5, 5.41) is 0. The second-order valence-corrected chi connectivity index (χ2v) is 4.49. The Balaban J connectivity index is 2.81. The number of anilines is 1. The van der Waals surface area contributed by atoms with E-state index in [1.54, 1.807) is 0 Å². The molecule has 0 bridgehead atoms. The first-order valence-electron chi connectivity index (χ1n) is 5.47. The molecule has 88 valence electrons. The number of hydrogen-bond donors (Lipinski definition) is 1. The van der Waals surface area contributed by atoms with E-state index in [1.165, 1.54) is 0 Å². The molecular formula is C13H19NO2. The van der Waals surface area contributed by atoms with Crippen molar-refractivity contribution < 1.29 is 9.53 Å². The Morgan fingerprint density at radius 1 is 1.44 bits per heavy atom. The molecule has 0 atom stereocenters. The first-order valence-corrected chi connectivity index (χ1v) is 5.47. The summed E-state index contributed by atoms with van der Waals surface area (Å²) < 4.78 is 4.96. The summed E-state index contributed by atoms with van der Waals surface area (Å²) in [5.74, 6) is -0.171. The second-order valence-electron chi connectivity index (χ2n) is 4.49. The summed E-state index contributed by atoms with van der Waals surface area (Å²) in [4.78, 5) is 11.5. The Kier molecular flexibility index (Phi) is 3.93. The van der Waals surface area contributed by atoms with Crippen LogP contribution in [0.5, 0.6) is 0 Å². The van der Waals surface area contributed by atoms with Crippen LogP contribution in [0.25, 0.3) is 0 Å². The minimum atomic E-state index is -0.248. The van der Waals surface area contributed by atoms with Crippen molar-refractivity contribution in [3.63, 3.8) is 0 Å². The fourth-order valence-electron chi connectivity index (χ4n) is 1.63. The number of nitrogen functional groups attached to an aromatic ring is 1. The minimum absolute atomic E-state index is 0.171. The largest absolute Gasteiger partial charge is 0.466 e. The van der Waals surface area contributed by atoms with Crippen molar-refractivity contribution in [2.24, 2.45) is 0 Å². The summed E-state index contributed by atoms with van der Waals surface area (Å²) in [5.41, 5.74) is 7.25. The minimum Gasteiger partial charge on any atom is -0.466 e. The summed E-state index contributed by atoms with van der Waals surface area (Å²) in [7, 11) is 0. The Labute approximate surface area is 96.6 Å². The zero-order chi connectivity index (χ0) is 12.2. The van der Waals surface area contributed by atoms with Gasteiger partial charge >= 0.3 is 5.97 Å². The van der Waals surface area contributed by atoms with Gasteiger partial charge in [-0.3, -0.25) is 4.79 Å². The Morgan fingerprint density at radius 2 is 2.12 bits per heavy atom. The molecule has 1 rings (SSSR count). The summed E-state index contributed by atoms with van der Waals surface area (Å²) in [6, 6.07) is 7.62. The average Bonchev–Trinajstić information content (AvgIpc) is 2.17. The van der Waals surface area contributed by atoms with Gasteiger partial charge in [0.15, 0.2) is 0 Å². The number of nitrogens with two attached hydrogens (primary N) is 1. The van der Waals surface area contributed by atoms with Gasteiger partial charge in [-0.15, -0.1) is 0 Å². The van der Waals surface area contributed by atoms with Gasteiger partial charge in [0, 0.05) is 11.1 Å². The van der Waals surface area contributed by atoms with Gasteiger partial charge in [-0.1, -0.05) is 26.0 Å². The van der Waals surface area contributed by atoms with E-state index in [-0.39, 0.29) is 11.4 Å². The molecule has 0 aliphatic carbocycles. The quantitative estimate of drug-likeness (QED) is 0.627. The number of hydrogen-bond acceptors (Lipinski definition) is 3. The highest BCUT2D eigenvalue weighted by Gasteiger charge is 2.25. The van der Waals surface area contributed by atoms with Crippen LogP contribution >= 0.6 is 0 Å². The van der Waals surface area contributed by atoms with Gasteiger partial charge in [-0.05, 0) is 24.6 Å². The van der Waals surface area contributed by atoms with Crippen molar-refractivity contribution in [1.82, 2.24) is 0 Å². The van der Waals surface area contributed by atoms with E-state index in [4.69, 9.17) is 10.5 Å². The summed E-state index contributed by atoms with van der Waals surface area (Å²) in [6.45, 7) is 6.26. The molecule has 0 radical (unpaired) electrons. The van der Waals surface area contributed by atoms with Crippen LogP contribution in [0.2, 0.25) is 0 Å². The average molecular weight is 221 g/mol. The van der Waals surface area contributed by atoms with Gasteiger partial charge in [0.1, 0.15) is 0 Å². The zero-order valence-electron chi connectivity index (χ0n) is 10.1. The van der Waals surface area contributed by atoms with Crippen LogP contribution in [-0.2, 0) is 14.9 Å². The van der Waals surface area contributed by atoms with Crippen molar-refractivity contribution in [1.29, 1.82) is 0 Å². The number of carbonyl (C=O) groups excluding carboxylic acids is 1. The van der Waals surface area contributed by atoms with Crippen molar-refractivity contribution >= 4 is 11.7 Å². The fourth-order valence-corrected chi connectivity index (χ4v) is 1.63. The lowest BCUT2D eigenvalue weighted by atomic mass is 9.81. The molecule has 3 heteroatoms. The highest BCUT2D eigenvalue weighted by molar-refractivity contribution is 5.71. The Morgan fingerprint density at radius 3 is 2.69 bits per heavy atom. The maximum atomic E-state index is 11.5. The van der Waals surface area contributed by atoms with Gasteiger partial charge < -0.3 is 10.5 Å². The molecule has 1 aromatic rings. The van der Waals surface area contributed by atoms with Gasteiger partial charge in [0.2, 0.25) is 0 Å². The second kappa shape index (κ2) is 5.01. The van der Waals surface area contributed by atoms with Crippen molar-refractivity contribution in [2.45, 2.75) is 32.6 Å². The van der Waals surface area contributed by atoms with Crippen LogP contribution < -0.4 is 5.73 Å². The highest BCUT2D eigenvalue weighted by Crippen LogP contribution is 2.28. The number of esters is 1. The molecule has 0 saturated carbocycles. The van der Waals surface area contributed by atoms with Crippen molar-refractivity contribution in [3.8, 4) is 0 Å². The molecule has 0 heterocycles. The molecular weight excluding hydrogens is 202 g/mol. The van der Waals surface area contributed by atoms with Crippen molar-refractivity contribution in [2.75, 3.05) is 12.3 Å². The van der Waals surface area contributed by atoms with Gasteiger partial charge in [0.25, 0.3) is 0 Å². The lowest BCUT2D eigenvalue weighted by Crippen LogP contribution is -2.23. The van der Waals surface area contributed by atoms with Crippen LogP contribution in [0, 0.1) is 0 Å². The smallest absolute Gasteiger partial charge is 0.306 e. The molecule has 16 heavy (non-hydrogen) atoms. The Bertz CT molecular complexity index is 372. The maximum Gasteiger partial charge on any atom is 0.306 e. The van der Waals surface area contributed by atoms with Crippen LogP contribution in [-0.4, -0.2) is 12.6 Å². The zero-order valence-corrected chi connectivity index (χ0v) is 10.1. The third-order valence-corrected chi connectivity index (χ3v) is 2.56. The maximum absolute atomic E-state index is 11.5. The molecule has 2 N–H and O–H groups in total. The lowest BCUT2D eigenvalue weighted by molar-refractivity contribution is -0.144. The monoisotopic (exact) mass is 221 g/mol. The normalized spacial score (nSPS) is 11.2. The summed E-state index contributed by atoms with van der Waals surface area (Å²) in [6.07, 6.45) is 0.365. The first-order chi connectivity index (χ1) is 7.45. The van der Waals surface area contributed by atoms with E-state index in [2.05, 4.69) is 0 Å². The van der Waals surface area contributed by atoms with Gasteiger partial charge in [-0.25, -0.2) is 0 Å². The predicted molar refractivity (Wildman–Crippen MR) is 65.1 cm³/mol. The van der Waals surface area contributed by atoms with E-state index >= 15 is 0 Å². The van der Waals surface area contributed by atoms with Crippen LogP contribution in [0.3, 0.4) is 0 Å². The number of ether oxygens (including phenoxy) is 1. The fraction of sp³-hybridized carbons (Fsp3) is 0.462. The van der Waals surface area contributed by atoms with Crippen LogP contribution in [0.4, 0.5) is 5.69 Å². The molecule has 0 spiro atoms. The molecule has 0 saturated heterocycles. The van der Waals surface area contributed by atoms with E-state index in [1.807, 2.05) is 45.0 Å². The summed E-state index contributed by atoms with van der Waals surface area (Å²) >= 11 is 0. The number of carbonyl (C=O) groups is 1. The predicted octanol–water partition coefficient (Wildman–Crippen LogP) is 2.50. The number of rotatable bonds is 4. The molecule has 0 aliphatic heterocycles. The van der Waals surface area contributed by atoms with Gasteiger partial charge in [0.05, 0.1) is 13.0 Å². The third-order valence-electron chi connectivity index (χ3n) is 2.56. The number of benzene rings is 1. The van der Waals surface area contributed by atoms with Gasteiger partial charge in [-0.2, -0.15) is 0 Å². The van der Waals surface area contributed by atoms with E-state index in [0.717, 1.165) is 11.3 Å². The molecule has 0 unspecified atom stereocenters. The van der Waals surface area contributed by atoms with E-state index in [0.29, 0.717) is 13.0 Å². The highest BCUT2D eigenvalue weighted by atomic mass is 16.5. The van der Waals surface area contributed by atoms with Crippen molar-refractivity contribution in [3.05, 3.63) is 29.8 Å². The van der Waals surface area contributed by atoms with E-state index < -0.39 is 0 Å². The molecule has 0 fully saturated rings. The molecule has 1 aromatic carbocycles. The topological polar surface area (TPSA) is 52.3 Å². The van der Waals surface area contributed by atoms with Crippen LogP contribution in [0.15, 0.2) is 24.3 Å². The first kappa shape index (κ1) is 12.6. The molecule has 3 nitrogen and oxygen atoms in total. The Hall–Kier alpha value is -1.51.